The molecule has 2 aromatic carbocycles. The minimum Gasteiger partial charge on any atom is -0.348 e. The highest BCUT2D eigenvalue weighted by molar-refractivity contribution is 6.06. The standard InChI is InChI=1S/C17H17N3O/c1-12-14(11-20(2)19-12)10-18-17(21)16-9-5-7-13-6-3-4-8-15(13)16/h3-9,11H,10H2,1-2H3,(H,18,21). The molecule has 0 fully saturated rings. The maximum absolute atomic E-state index is 12.4. The summed E-state index contributed by atoms with van der Waals surface area (Å²) in [6.07, 6.45) is 1.93. The summed E-state index contributed by atoms with van der Waals surface area (Å²) in [6, 6.07) is 13.7. The van der Waals surface area contributed by atoms with Crippen LogP contribution in [0.4, 0.5) is 0 Å². The smallest absolute Gasteiger partial charge is 0.252 e. The van der Waals surface area contributed by atoms with E-state index in [4.69, 9.17) is 0 Å². The third-order valence-electron chi connectivity index (χ3n) is 3.59. The molecule has 0 bridgehead atoms. The van der Waals surface area contributed by atoms with Crippen LogP contribution in [-0.2, 0) is 13.6 Å². The van der Waals surface area contributed by atoms with E-state index < -0.39 is 0 Å². The molecule has 0 aliphatic carbocycles. The van der Waals surface area contributed by atoms with Crippen LogP contribution >= 0.6 is 0 Å². The SMILES string of the molecule is Cc1nn(C)cc1CNC(=O)c1cccc2ccccc12. The number of fused-ring (bicyclic) bond motifs is 1. The summed E-state index contributed by atoms with van der Waals surface area (Å²) in [5, 5.41) is 9.29. The van der Waals surface area contributed by atoms with Crippen LogP contribution in [0.3, 0.4) is 0 Å². The first-order valence-corrected chi connectivity index (χ1v) is 6.90. The maximum atomic E-state index is 12.4. The number of hydrogen-bond acceptors (Lipinski definition) is 2. The van der Waals surface area contributed by atoms with Gasteiger partial charge in [0.25, 0.3) is 5.91 Å². The molecule has 3 aromatic rings. The molecule has 0 aliphatic rings. The number of nitrogens with zero attached hydrogens (tertiary/aromatic N) is 2. The molecule has 0 saturated heterocycles. The molecular formula is C17H17N3O. The minimum absolute atomic E-state index is 0.0601. The van der Waals surface area contributed by atoms with Gasteiger partial charge in [-0.1, -0.05) is 36.4 Å². The predicted octanol–water partition coefficient (Wildman–Crippen LogP) is 2.81. The lowest BCUT2D eigenvalue weighted by molar-refractivity contribution is 0.0952. The summed E-state index contributed by atoms with van der Waals surface area (Å²) in [5.74, 6) is -0.0601. The summed E-state index contributed by atoms with van der Waals surface area (Å²) in [5.41, 5.74) is 2.68. The molecule has 0 aliphatic heterocycles. The molecule has 0 saturated carbocycles. The molecular weight excluding hydrogens is 262 g/mol. The number of amides is 1. The predicted molar refractivity (Wildman–Crippen MR) is 83.1 cm³/mol. The van der Waals surface area contributed by atoms with Gasteiger partial charge in [-0.3, -0.25) is 9.48 Å². The van der Waals surface area contributed by atoms with Crippen molar-refractivity contribution < 1.29 is 4.79 Å². The Bertz CT molecular complexity index is 799. The van der Waals surface area contributed by atoms with Crippen LogP contribution in [0.5, 0.6) is 0 Å². The second-order valence-electron chi connectivity index (χ2n) is 5.12. The van der Waals surface area contributed by atoms with Gasteiger partial charge in [0, 0.05) is 30.9 Å². The largest absolute Gasteiger partial charge is 0.348 e. The van der Waals surface area contributed by atoms with Crippen LogP contribution in [0.2, 0.25) is 0 Å². The minimum atomic E-state index is -0.0601. The van der Waals surface area contributed by atoms with Gasteiger partial charge in [-0.05, 0) is 23.8 Å². The van der Waals surface area contributed by atoms with Gasteiger partial charge in [0.2, 0.25) is 0 Å². The topological polar surface area (TPSA) is 46.9 Å². The van der Waals surface area contributed by atoms with E-state index in [1.807, 2.05) is 62.6 Å². The van der Waals surface area contributed by atoms with E-state index in [1.54, 1.807) is 4.68 Å². The molecule has 0 spiro atoms. The number of rotatable bonds is 3. The van der Waals surface area contributed by atoms with Gasteiger partial charge in [0.15, 0.2) is 0 Å². The molecule has 21 heavy (non-hydrogen) atoms. The maximum Gasteiger partial charge on any atom is 0.252 e. The Morgan fingerprint density at radius 3 is 2.71 bits per heavy atom. The molecule has 106 valence electrons. The van der Waals surface area contributed by atoms with Gasteiger partial charge in [-0.25, -0.2) is 0 Å². The molecule has 1 aromatic heterocycles. The highest BCUT2D eigenvalue weighted by Gasteiger charge is 2.10. The van der Waals surface area contributed by atoms with E-state index >= 15 is 0 Å². The number of nitrogens with one attached hydrogen (secondary N) is 1. The summed E-state index contributed by atoms with van der Waals surface area (Å²) >= 11 is 0. The summed E-state index contributed by atoms with van der Waals surface area (Å²) in [6.45, 7) is 2.43. The van der Waals surface area contributed by atoms with Crippen molar-refractivity contribution in [3.63, 3.8) is 0 Å². The molecule has 1 heterocycles. The van der Waals surface area contributed by atoms with E-state index in [0.29, 0.717) is 12.1 Å². The van der Waals surface area contributed by atoms with Crippen molar-refractivity contribution in [1.29, 1.82) is 0 Å². The first kappa shape index (κ1) is 13.4. The van der Waals surface area contributed by atoms with Crippen LogP contribution < -0.4 is 5.32 Å². The Hall–Kier alpha value is -2.62. The van der Waals surface area contributed by atoms with Crippen molar-refractivity contribution in [3.05, 3.63) is 65.5 Å². The molecule has 1 N–H and O–H groups in total. The average Bonchev–Trinajstić information content (AvgIpc) is 2.82. The lowest BCUT2D eigenvalue weighted by atomic mass is 10.0. The second kappa shape index (κ2) is 5.40. The van der Waals surface area contributed by atoms with Crippen molar-refractivity contribution in [2.24, 2.45) is 7.05 Å². The molecule has 1 amide bonds. The van der Waals surface area contributed by atoms with Crippen molar-refractivity contribution in [3.8, 4) is 0 Å². The Labute approximate surface area is 123 Å². The fourth-order valence-corrected chi connectivity index (χ4v) is 2.52. The quantitative estimate of drug-likeness (QED) is 0.801. The number of benzene rings is 2. The number of carbonyl (C=O) groups excluding carboxylic acids is 1. The first-order chi connectivity index (χ1) is 10.1. The first-order valence-electron chi connectivity index (χ1n) is 6.90. The van der Waals surface area contributed by atoms with Gasteiger partial charge in [-0.15, -0.1) is 0 Å². The van der Waals surface area contributed by atoms with E-state index in [0.717, 1.165) is 22.0 Å². The summed E-state index contributed by atoms with van der Waals surface area (Å²) in [7, 11) is 1.88. The van der Waals surface area contributed by atoms with Crippen LogP contribution in [0.1, 0.15) is 21.6 Å². The van der Waals surface area contributed by atoms with E-state index in [2.05, 4.69) is 10.4 Å². The molecule has 4 heteroatoms. The molecule has 0 atom stereocenters. The third-order valence-corrected chi connectivity index (χ3v) is 3.59. The Morgan fingerprint density at radius 1 is 1.19 bits per heavy atom. The lowest BCUT2D eigenvalue weighted by Gasteiger charge is -2.07. The van der Waals surface area contributed by atoms with Crippen LogP contribution in [0, 0.1) is 6.92 Å². The van der Waals surface area contributed by atoms with Crippen molar-refractivity contribution >= 4 is 16.7 Å². The molecule has 0 unspecified atom stereocenters. The van der Waals surface area contributed by atoms with Gasteiger partial charge in [0.05, 0.1) is 5.69 Å². The van der Waals surface area contributed by atoms with Crippen LogP contribution in [0.15, 0.2) is 48.7 Å². The average molecular weight is 279 g/mol. The van der Waals surface area contributed by atoms with Gasteiger partial charge in [-0.2, -0.15) is 5.10 Å². The van der Waals surface area contributed by atoms with Gasteiger partial charge >= 0.3 is 0 Å². The molecule has 4 nitrogen and oxygen atoms in total. The van der Waals surface area contributed by atoms with Crippen LogP contribution in [0.25, 0.3) is 10.8 Å². The normalized spacial score (nSPS) is 10.8. The summed E-state index contributed by atoms with van der Waals surface area (Å²) in [4.78, 5) is 12.4. The molecule has 0 radical (unpaired) electrons. The zero-order valence-corrected chi connectivity index (χ0v) is 12.1. The third kappa shape index (κ3) is 2.65. The van der Waals surface area contributed by atoms with Crippen molar-refractivity contribution in [2.45, 2.75) is 13.5 Å². The van der Waals surface area contributed by atoms with Crippen molar-refractivity contribution in [1.82, 2.24) is 15.1 Å². The highest BCUT2D eigenvalue weighted by atomic mass is 16.1. The van der Waals surface area contributed by atoms with Crippen LogP contribution in [-0.4, -0.2) is 15.7 Å². The number of aryl methyl sites for hydroxylation is 2. The Kier molecular flexibility index (Phi) is 3.44. The van der Waals surface area contributed by atoms with Gasteiger partial charge < -0.3 is 5.32 Å². The van der Waals surface area contributed by atoms with Gasteiger partial charge in [0.1, 0.15) is 0 Å². The van der Waals surface area contributed by atoms with Crippen molar-refractivity contribution in [2.75, 3.05) is 0 Å². The fourth-order valence-electron chi connectivity index (χ4n) is 2.52. The van der Waals surface area contributed by atoms with E-state index in [9.17, 15) is 4.79 Å². The lowest BCUT2D eigenvalue weighted by Crippen LogP contribution is -2.23. The summed E-state index contributed by atoms with van der Waals surface area (Å²) < 4.78 is 1.76. The fraction of sp³-hybridized carbons (Fsp3) is 0.176. The molecule has 3 rings (SSSR count). The Balaban J connectivity index is 1.83. The van der Waals surface area contributed by atoms with E-state index in [-0.39, 0.29) is 5.91 Å². The number of hydrogen-bond donors (Lipinski definition) is 1. The van der Waals surface area contributed by atoms with E-state index in [1.165, 1.54) is 0 Å². The number of aromatic nitrogens is 2. The highest BCUT2D eigenvalue weighted by Crippen LogP contribution is 2.18. The zero-order valence-electron chi connectivity index (χ0n) is 12.1. The zero-order chi connectivity index (χ0) is 14.8. The second-order valence-corrected chi connectivity index (χ2v) is 5.12. The Morgan fingerprint density at radius 2 is 1.95 bits per heavy atom. The monoisotopic (exact) mass is 279 g/mol. The number of carbonyl (C=O) groups is 1.